The number of halogens is 7. The van der Waals surface area contributed by atoms with E-state index in [1.165, 1.54) is 5.25 Å². The first-order valence-electron chi connectivity index (χ1n) is 9.38. The maximum absolute atomic E-state index is 12.3. The molecule has 10 heteroatoms. The van der Waals surface area contributed by atoms with Crippen LogP contribution in [0.15, 0.2) is 12.7 Å². The number of carbonyl (C=O) groups excluding carboxylic acids is 1. The highest BCUT2D eigenvalue weighted by molar-refractivity contribution is 8.25. The number of alkyl halides is 4. The molecule has 0 aromatic heterocycles. The third-order valence-corrected chi connectivity index (χ3v) is 5.37. The van der Waals surface area contributed by atoms with Crippen LogP contribution >= 0.6 is 11.2 Å². The molecule has 29 heavy (non-hydrogen) atoms. The van der Waals surface area contributed by atoms with E-state index in [1.54, 1.807) is 0 Å². The minimum absolute atomic E-state index is 0.0163. The fraction of sp³-hybridized carbons (Fsp3) is 0.737. The molecule has 168 valence electrons. The summed E-state index contributed by atoms with van der Waals surface area (Å²) < 4.78 is 80.9. The van der Waals surface area contributed by atoms with Crippen LogP contribution in [0.4, 0.5) is 29.2 Å². The van der Waals surface area contributed by atoms with E-state index >= 15 is 0 Å². The van der Waals surface area contributed by atoms with Gasteiger partial charge in [-0.1, -0.05) is 12.0 Å². The molecular weight excluding hydrogens is 425 g/mol. The molecule has 2 nitrogen and oxygen atoms in total. The Morgan fingerprint density at radius 1 is 1.00 bits per heavy atom. The van der Waals surface area contributed by atoms with Gasteiger partial charge in [-0.15, -0.1) is 35.8 Å². The normalized spacial score (nSPS) is 28.1. The van der Waals surface area contributed by atoms with Crippen molar-refractivity contribution in [1.29, 1.82) is 0 Å². The highest BCUT2D eigenvalue weighted by atomic mass is 32.3. The molecule has 2 fully saturated rings. The average Bonchev–Trinajstić information content (AvgIpc) is 2.60. The Hall–Kier alpha value is -1.37. The van der Waals surface area contributed by atoms with E-state index in [0.29, 0.717) is 31.6 Å². The smallest absolute Gasteiger partial charge is 0.462 e. The Bertz CT molecular complexity index is 570. The van der Waals surface area contributed by atoms with Gasteiger partial charge in [0, 0.05) is 11.2 Å². The Balaban J connectivity index is 0.000000749. The van der Waals surface area contributed by atoms with E-state index in [-0.39, 0.29) is 23.9 Å². The quantitative estimate of drug-likeness (QED) is 0.194. The summed E-state index contributed by atoms with van der Waals surface area (Å²) in [6, 6.07) is 0. The highest BCUT2D eigenvalue weighted by Crippen LogP contribution is 2.52. The topological polar surface area (TPSA) is 26.3 Å². The molecule has 2 rings (SSSR count). The molecule has 0 aromatic carbocycles. The van der Waals surface area contributed by atoms with Gasteiger partial charge in [0.15, 0.2) is 0 Å². The van der Waals surface area contributed by atoms with Crippen molar-refractivity contribution >= 4 is 17.2 Å². The SMILES string of the molecule is C=CCC1CCC(C(=O)OC2CCC(C#CS(F)(F)F)CC2)CC1.FC(F)(F)F. The molecule has 0 radical (unpaired) electrons. The second-order valence-corrected chi connectivity index (χ2v) is 8.25. The summed E-state index contributed by atoms with van der Waals surface area (Å²) in [6.07, 6.45) is 3.48. The van der Waals surface area contributed by atoms with Crippen LogP contribution in [-0.2, 0) is 9.53 Å². The molecule has 2 aliphatic rings. The molecule has 0 aromatic rings. The third kappa shape index (κ3) is 12.7. The van der Waals surface area contributed by atoms with Crippen LogP contribution in [0.5, 0.6) is 0 Å². The van der Waals surface area contributed by atoms with Gasteiger partial charge in [-0.2, -0.15) is 0 Å². The Morgan fingerprint density at radius 2 is 1.52 bits per heavy atom. The first-order chi connectivity index (χ1) is 13.4. The largest absolute Gasteiger partial charge is 0.559 e. The van der Waals surface area contributed by atoms with Gasteiger partial charge < -0.3 is 4.74 Å². The fourth-order valence-corrected chi connectivity index (χ4v) is 3.91. The minimum atomic E-state index is -5.50. The van der Waals surface area contributed by atoms with Crippen LogP contribution < -0.4 is 0 Å². The van der Waals surface area contributed by atoms with Gasteiger partial charge in [0.25, 0.3) is 11.2 Å². The van der Waals surface area contributed by atoms with E-state index < -0.39 is 17.6 Å². The van der Waals surface area contributed by atoms with Gasteiger partial charge in [-0.3, -0.25) is 4.79 Å². The van der Waals surface area contributed by atoms with Crippen molar-refractivity contribution in [3.8, 4) is 11.2 Å². The molecule has 0 amide bonds. The van der Waals surface area contributed by atoms with Crippen molar-refractivity contribution in [2.24, 2.45) is 17.8 Å². The summed E-state index contributed by atoms with van der Waals surface area (Å²) in [5.74, 6) is 2.61. The predicted molar refractivity (Wildman–Crippen MR) is 98.0 cm³/mol. The molecule has 0 saturated heterocycles. The van der Waals surface area contributed by atoms with Crippen LogP contribution in [0.25, 0.3) is 0 Å². The van der Waals surface area contributed by atoms with Crippen molar-refractivity contribution in [3.05, 3.63) is 12.7 Å². The van der Waals surface area contributed by atoms with Crippen LogP contribution in [-0.4, -0.2) is 18.5 Å². The first kappa shape index (κ1) is 25.7. The molecule has 0 heterocycles. The van der Waals surface area contributed by atoms with E-state index in [0.717, 1.165) is 32.1 Å². The highest BCUT2D eigenvalue weighted by Gasteiger charge is 2.30. The number of hydrogen-bond acceptors (Lipinski definition) is 2. The van der Waals surface area contributed by atoms with Gasteiger partial charge in [0.05, 0.1) is 5.92 Å². The van der Waals surface area contributed by atoms with Gasteiger partial charge in [0.2, 0.25) is 0 Å². The predicted octanol–water partition coefficient (Wildman–Crippen LogP) is 7.37. The Labute approximate surface area is 168 Å². The third-order valence-electron chi connectivity index (χ3n) is 5.02. The molecule has 0 unspecified atom stereocenters. The number of allylic oxidation sites excluding steroid dienone is 1. The molecule has 0 bridgehead atoms. The number of carbonyl (C=O) groups is 1. The number of hydrogen-bond donors (Lipinski definition) is 0. The summed E-state index contributed by atoms with van der Waals surface area (Å²) in [4.78, 5) is 12.3. The summed E-state index contributed by atoms with van der Waals surface area (Å²) in [6.45, 7) is 3.76. The monoisotopic (exact) mass is 450 g/mol. The van der Waals surface area contributed by atoms with Crippen LogP contribution in [0.3, 0.4) is 0 Å². The summed E-state index contributed by atoms with van der Waals surface area (Å²) >= 11 is -5.23. The first-order valence-corrected chi connectivity index (χ1v) is 10.7. The van der Waals surface area contributed by atoms with E-state index in [9.17, 15) is 34.0 Å². The molecular formula is C19H25F7O2S. The van der Waals surface area contributed by atoms with Crippen molar-refractivity contribution < 1.29 is 38.8 Å². The molecule has 0 aliphatic heterocycles. The van der Waals surface area contributed by atoms with Crippen LogP contribution in [0.2, 0.25) is 0 Å². The van der Waals surface area contributed by atoms with Gasteiger partial charge in [-0.25, -0.2) is 0 Å². The van der Waals surface area contributed by atoms with Gasteiger partial charge in [0.1, 0.15) is 6.10 Å². The molecule has 2 saturated carbocycles. The molecule has 0 N–H and O–H groups in total. The summed E-state index contributed by atoms with van der Waals surface area (Å²) in [5, 5.41) is 1.43. The zero-order valence-corrected chi connectivity index (χ0v) is 16.6. The lowest BCUT2D eigenvalue weighted by molar-refractivity contribution is -0.237. The molecule has 2 aliphatic carbocycles. The van der Waals surface area contributed by atoms with Gasteiger partial charge >= 0.3 is 12.4 Å². The number of rotatable bonds is 4. The fourth-order valence-electron chi connectivity index (χ4n) is 3.61. The van der Waals surface area contributed by atoms with Crippen molar-refractivity contribution in [3.63, 3.8) is 0 Å². The van der Waals surface area contributed by atoms with Crippen LogP contribution in [0.1, 0.15) is 57.8 Å². The zero-order valence-electron chi connectivity index (χ0n) is 15.8. The molecule has 0 spiro atoms. The van der Waals surface area contributed by atoms with E-state index in [1.807, 2.05) is 6.08 Å². The molecule has 0 atom stereocenters. The minimum Gasteiger partial charge on any atom is -0.462 e. The summed E-state index contributed by atoms with van der Waals surface area (Å²) in [7, 11) is 0. The number of esters is 1. The maximum Gasteiger partial charge on any atom is 0.559 e. The summed E-state index contributed by atoms with van der Waals surface area (Å²) in [5.41, 5.74) is 0. The Morgan fingerprint density at radius 3 is 1.97 bits per heavy atom. The van der Waals surface area contributed by atoms with E-state index in [4.69, 9.17) is 4.74 Å². The Kier molecular flexibility index (Phi) is 10.4. The lowest BCUT2D eigenvalue weighted by atomic mass is 9.80. The van der Waals surface area contributed by atoms with Crippen molar-refractivity contribution in [2.45, 2.75) is 70.3 Å². The second kappa shape index (κ2) is 11.7. The second-order valence-electron chi connectivity index (χ2n) is 7.23. The average molecular weight is 450 g/mol. The lowest BCUT2D eigenvalue weighted by Crippen LogP contribution is -2.30. The standard InChI is InChI=1S/C18H25F3O2S.CF4/c1-2-3-14-4-8-16(9-5-14)18(22)23-17-10-6-15(7-11-17)12-13-24(19,20)21;2-1(3,4)5/h2,14-17H,1,3-11H2;. The number of ether oxygens (including phenoxy) is 1. The van der Waals surface area contributed by atoms with Crippen molar-refractivity contribution in [1.82, 2.24) is 0 Å². The van der Waals surface area contributed by atoms with Crippen molar-refractivity contribution in [2.75, 3.05) is 0 Å². The van der Waals surface area contributed by atoms with Crippen LogP contribution in [0, 0.1) is 28.9 Å². The maximum atomic E-state index is 12.3. The van der Waals surface area contributed by atoms with E-state index in [2.05, 4.69) is 12.5 Å². The zero-order chi connectivity index (χ0) is 22.1. The lowest BCUT2D eigenvalue weighted by Gasteiger charge is -2.30. The van der Waals surface area contributed by atoms with Gasteiger partial charge in [-0.05, 0) is 63.7 Å².